The van der Waals surface area contributed by atoms with Crippen LogP contribution < -0.4 is 0 Å². The molecule has 0 aliphatic rings. The first-order valence-corrected chi connectivity index (χ1v) is 13.3. The van der Waals surface area contributed by atoms with Gasteiger partial charge in [-0.05, 0) is 73.5 Å². The Kier molecular flexibility index (Phi) is 5.45. The Bertz CT molecular complexity index is 1850. The van der Waals surface area contributed by atoms with E-state index in [0.717, 1.165) is 0 Å². The van der Waals surface area contributed by atoms with Gasteiger partial charge in [0.25, 0.3) is 0 Å². The Morgan fingerprint density at radius 2 is 1.16 bits per heavy atom. The van der Waals surface area contributed by atoms with Crippen molar-refractivity contribution >= 4 is 44.1 Å². The minimum Gasteiger partial charge on any atom is -0.264 e. The third kappa shape index (κ3) is 3.96. The van der Waals surface area contributed by atoms with Crippen molar-refractivity contribution in [2.75, 3.05) is 0 Å². The molecule has 0 bridgehead atoms. The second kappa shape index (κ2) is 9.24. The van der Waals surface area contributed by atoms with Crippen molar-refractivity contribution in [3.63, 3.8) is 0 Å². The van der Waals surface area contributed by atoms with E-state index in [2.05, 4.69) is 132 Å². The summed E-state index contributed by atoms with van der Waals surface area (Å²) in [5.41, 5.74) is 4.92. The van der Waals surface area contributed by atoms with Crippen molar-refractivity contribution in [1.82, 2.24) is 4.98 Å². The fourth-order valence-corrected chi connectivity index (χ4v) is 6.38. The van der Waals surface area contributed by atoms with Crippen molar-refractivity contribution in [3.8, 4) is 22.3 Å². The van der Waals surface area contributed by atoms with Gasteiger partial charge in [-0.3, -0.25) is 4.98 Å². The highest BCUT2D eigenvalue weighted by atomic mass is 32.2. The molecule has 0 aliphatic carbocycles. The average Bonchev–Trinajstić information content (AvgIpc) is 2.97. The zero-order valence-corrected chi connectivity index (χ0v) is 21.0. The molecule has 0 fully saturated rings. The number of nitrogens with zero attached hydrogens (tertiary/aromatic N) is 1. The molecular formula is C35H23NS. The Morgan fingerprint density at radius 3 is 2.05 bits per heavy atom. The van der Waals surface area contributed by atoms with Crippen LogP contribution in [0.4, 0.5) is 0 Å². The van der Waals surface area contributed by atoms with Crippen LogP contribution in [-0.2, 0) is 0 Å². The molecule has 37 heavy (non-hydrogen) atoms. The topological polar surface area (TPSA) is 12.9 Å². The van der Waals surface area contributed by atoms with Gasteiger partial charge in [-0.25, -0.2) is 0 Å². The lowest BCUT2D eigenvalue weighted by atomic mass is 9.93. The van der Waals surface area contributed by atoms with Crippen LogP contribution in [0.2, 0.25) is 0 Å². The fraction of sp³-hybridized carbons (Fsp3) is 0. The van der Waals surface area contributed by atoms with Gasteiger partial charge in [0, 0.05) is 27.6 Å². The molecule has 0 unspecified atom stereocenters. The molecule has 7 rings (SSSR count). The van der Waals surface area contributed by atoms with E-state index in [0.29, 0.717) is 0 Å². The van der Waals surface area contributed by atoms with E-state index >= 15 is 0 Å². The molecular weight excluding hydrogens is 466 g/mol. The van der Waals surface area contributed by atoms with Gasteiger partial charge in [0.15, 0.2) is 0 Å². The Labute approximate surface area is 220 Å². The van der Waals surface area contributed by atoms with E-state index in [1.54, 1.807) is 0 Å². The number of aromatic nitrogens is 1. The van der Waals surface area contributed by atoms with Gasteiger partial charge < -0.3 is 0 Å². The summed E-state index contributed by atoms with van der Waals surface area (Å²) < 4.78 is 0. The first-order chi connectivity index (χ1) is 18.3. The number of fused-ring (bicyclic) bond motifs is 3. The van der Waals surface area contributed by atoms with Gasteiger partial charge in [0.2, 0.25) is 0 Å². The quantitative estimate of drug-likeness (QED) is 0.228. The normalized spacial score (nSPS) is 11.4. The van der Waals surface area contributed by atoms with Gasteiger partial charge in [0.05, 0.1) is 0 Å². The van der Waals surface area contributed by atoms with Crippen LogP contribution in [0, 0.1) is 0 Å². The predicted molar refractivity (Wildman–Crippen MR) is 158 cm³/mol. The summed E-state index contributed by atoms with van der Waals surface area (Å²) in [5.74, 6) is 0. The van der Waals surface area contributed by atoms with Crippen LogP contribution in [0.15, 0.2) is 150 Å². The van der Waals surface area contributed by atoms with Gasteiger partial charge in [-0.2, -0.15) is 0 Å². The first-order valence-electron chi connectivity index (χ1n) is 12.5. The number of benzene rings is 6. The van der Waals surface area contributed by atoms with Gasteiger partial charge in [-0.15, -0.1) is 0 Å². The van der Waals surface area contributed by atoms with E-state index in [4.69, 9.17) is 0 Å². The molecule has 174 valence electrons. The summed E-state index contributed by atoms with van der Waals surface area (Å²) in [6, 6.07) is 45.7. The molecule has 0 spiro atoms. The fourth-order valence-electron chi connectivity index (χ4n) is 5.23. The first kappa shape index (κ1) is 21.8. The monoisotopic (exact) mass is 489 g/mol. The minimum atomic E-state index is 1.18. The van der Waals surface area contributed by atoms with Crippen LogP contribution >= 0.6 is 11.8 Å². The van der Waals surface area contributed by atoms with Crippen molar-refractivity contribution in [2.24, 2.45) is 0 Å². The molecule has 0 atom stereocenters. The second-order valence-electron chi connectivity index (χ2n) is 9.23. The van der Waals surface area contributed by atoms with Crippen LogP contribution in [-0.4, -0.2) is 4.98 Å². The summed E-state index contributed by atoms with van der Waals surface area (Å²) >= 11 is 1.84. The molecule has 0 radical (unpaired) electrons. The Hall–Kier alpha value is -4.40. The maximum absolute atomic E-state index is 4.52. The molecule has 6 aromatic carbocycles. The summed E-state index contributed by atoms with van der Waals surface area (Å²) in [4.78, 5) is 7.01. The van der Waals surface area contributed by atoms with Crippen LogP contribution in [0.3, 0.4) is 0 Å². The Balaban J connectivity index is 1.39. The average molecular weight is 490 g/mol. The summed E-state index contributed by atoms with van der Waals surface area (Å²) in [5, 5.41) is 7.46. The molecule has 1 aromatic heterocycles. The number of pyridine rings is 1. The van der Waals surface area contributed by atoms with E-state index in [1.807, 2.05) is 24.2 Å². The number of hydrogen-bond acceptors (Lipinski definition) is 2. The maximum atomic E-state index is 4.52. The zero-order valence-electron chi connectivity index (χ0n) is 20.1. The lowest BCUT2D eigenvalue weighted by Crippen LogP contribution is -1.90. The number of hydrogen-bond donors (Lipinski definition) is 0. The molecule has 7 aromatic rings. The summed E-state index contributed by atoms with van der Waals surface area (Å²) in [6.45, 7) is 0. The highest BCUT2D eigenvalue weighted by molar-refractivity contribution is 7.99. The summed E-state index contributed by atoms with van der Waals surface area (Å²) in [7, 11) is 0. The molecule has 1 nitrogen and oxygen atoms in total. The lowest BCUT2D eigenvalue weighted by molar-refractivity contribution is 1.36. The maximum Gasteiger partial charge on any atom is 0.0353 e. The van der Waals surface area contributed by atoms with E-state index in [9.17, 15) is 0 Å². The van der Waals surface area contributed by atoms with Crippen LogP contribution in [0.25, 0.3) is 54.6 Å². The zero-order chi connectivity index (χ0) is 24.6. The molecule has 0 aliphatic heterocycles. The summed E-state index contributed by atoms with van der Waals surface area (Å²) in [6.07, 6.45) is 3.92. The molecule has 0 saturated heterocycles. The smallest absolute Gasteiger partial charge is 0.0353 e. The van der Waals surface area contributed by atoms with Crippen LogP contribution in [0.1, 0.15) is 0 Å². The van der Waals surface area contributed by atoms with Crippen molar-refractivity contribution < 1.29 is 0 Å². The standard InChI is InChI=1S/C35H23NS/c1-2-10-25(11-3-1)34-30-15-6-7-16-31(30)35(32-19-20-36-23-33(32)34)37-29-14-8-13-27(22-29)28-18-17-24-9-4-5-12-26(24)21-28/h1-23H. The van der Waals surface area contributed by atoms with Gasteiger partial charge >= 0.3 is 0 Å². The molecule has 0 saturated carbocycles. The van der Waals surface area contributed by atoms with Crippen molar-refractivity contribution in [1.29, 1.82) is 0 Å². The molecule has 0 N–H and O–H groups in total. The lowest BCUT2D eigenvalue weighted by Gasteiger charge is -2.17. The SMILES string of the molecule is c1ccc(-c2c3ccccc3c(Sc3cccc(-c4ccc5ccccc5c4)c3)c3ccncc23)cc1. The second-order valence-corrected chi connectivity index (χ2v) is 10.3. The van der Waals surface area contributed by atoms with E-state index < -0.39 is 0 Å². The van der Waals surface area contributed by atoms with Crippen molar-refractivity contribution in [3.05, 3.63) is 140 Å². The minimum absolute atomic E-state index is 1.18. The van der Waals surface area contributed by atoms with Gasteiger partial charge in [-0.1, -0.05) is 115 Å². The highest BCUT2D eigenvalue weighted by Crippen LogP contribution is 2.45. The molecule has 1 heterocycles. The number of rotatable bonds is 4. The third-order valence-electron chi connectivity index (χ3n) is 6.98. The largest absolute Gasteiger partial charge is 0.264 e. The molecule has 0 amide bonds. The Morgan fingerprint density at radius 1 is 0.459 bits per heavy atom. The van der Waals surface area contributed by atoms with E-state index in [-0.39, 0.29) is 0 Å². The van der Waals surface area contributed by atoms with Gasteiger partial charge in [0.1, 0.15) is 0 Å². The van der Waals surface area contributed by atoms with Crippen LogP contribution in [0.5, 0.6) is 0 Å². The van der Waals surface area contributed by atoms with E-state index in [1.165, 1.54) is 64.4 Å². The highest BCUT2D eigenvalue weighted by Gasteiger charge is 2.16. The van der Waals surface area contributed by atoms with Crippen molar-refractivity contribution in [2.45, 2.75) is 9.79 Å². The molecule has 2 heteroatoms. The predicted octanol–water partition coefficient (Wildman–Crippen LogP) is 10.0. The third-order valence-corrected chi connectivity index (χ3v) is 8.11.